The summed E-state index contributed by atoms with van der Waals surface area (Å²) in [6, 6.07) is 3.98. The van der Waals surface area contributed by atoms with E-state index in [2.05, 4.69) is 24.1 Å². The van der Waals surface area contributed by atoms with Crippen LogP contribution in [0.15, 0.2) is 24.3 Å². The minimum absolute atomic E-state index is 0.103. The van der Waals surface area contributed by atoms with E-state index in [0.29, 0.717) is 5.75 Å². The number of likely N-dealkylation sites (N-methyl/N-ethyl adjacent to an activating group) is 1. The standard InChI is InChI=1S/C18H23NO3/c1-19-10-9-17-7-3-4-8-18(17,21)14(19)11-12-5-6-13(22-2)16(20)15(12)17/h3,5-7,14,20-21H,4,8-11H2,1-2H3/t14-,17?,18?/m0/s1. The highest BCUT2D eigenvalue weighted by Crippen LogP contribution is 2.58. The fourth-order valence-corrected chi connectivity index (χ4v) is 5.00. The number of allylic oxidation sites excluding steroid dienone is 1. The maximum Gasteiger partial charge on any atom is 0.162 e. The Morgan fingerprint density at radius 1 is 1.32 bits per heavy atom. The quantitative estimate of drug-likeness (QED) is 0.779. The highest BCUT2D eigenvalue weighted by atomic mass is 16.5. The lowest BCUT2D eigenvalue weighted by molar-refractivity contribution is -0.132. The summed E-state index contributed by atoms with van der Waals surface area (Å²) in [5.74, 6) is 0.694. The minimum Gasteiger partial charge on any atom is -0.504 e. The number of methoxy groups -OCH3 is 1. The zero-order valence-corrected chi connectivity index (χ0v) is 13.2. The number of aliphatic hydroxyl groups is 1. The second kappa shape index (κ2) is 4.49. The molecule has 0 aromatic heterocycles. The molecule has 0 saturated carbocycles. The molecule has 1 heterocycles. The van der Waals surface area contributed by atoms with Gasteiger partial charge in [-0.1, -0.05) is 18.2 Å². The van der Waals surface area contributed by atoms with Crippen LogP contribution in [0.5, 0.6) is 11.5 Å². The smallest absolute Gasteiger partial charge is 0.162 e. The SMILES string of the molecule is COc1ccc2c(c1O)C13C=CCCC1(O)[C@H](C2)N(C)CC3. The Morgan fingerprint density at radius 2 is 2.14 bits per heavy atom. The van der Waals surface area contributed by atoms with Gasteiger partial charge >= 0.3 is 0 Å². The molecule has 4 heteroatoms. The van der Waals surface area contributed by atoms with Gasteiger partial charge in [0.15, 0.2) is 11.5 Å². The third-order valence-corrected chi connectivity index (χ3v) is 6.12. The Hall–Kier alpha value is -1.52. The Labute approximate surface area is 131 Å². The van der Waals surface area contributed by atoms with Crippen molar-refractivity contribution in [1.29, 1.82) is 0 Å². The lowest BCUT2D eigenvalue weighted by Gasteiger charge is -2.61. The first-order valence-electron chi connectivity index (χ1n) is 8.03. The molecule has 0 spiro atoms. The van der Waals surface area contributed by atoms with Crippen LogP contribution in [0.2, 0.25) is 0 Å². The molecule has 0 radical (unpaired) electrons. The maximum absolute atomic E-state index is 11.6. The van der Waals surface area contributed by atoms with Crippen molar-refractivity contribution in [2.24, 2.45) is 0 Å². The first-order valence-corrected chi connectivity index (χ1v) is 8.03. The third-order valence-electron chi connectivity index (χ3n) is 6.12. The van der Waals surface area contributed by atoms with Gasteiger partial charge in [-0.15, -0.1) is 0 Å². The number of phenols is 1. The average Bonchev–Trinajstić information content (AvgIpc) is 2.51. The number of hydrogen-bond donors (Lipinski definition) is 2. The largest absolute Gasteiger partial charge is 0.504 e. The van der Waals surface area contributed by atoms with Gasteiger partial charge in [-0.25, -0.2) is 0 Å². The topological polar surface area (TPSA) is 52.9 Å². The molecule has 4 rings (SSSR count). The van der Waals surface area contributed by atoms with Gasteiger partial charge in [-0.05, 0) is 50.9 Å². The van der Waals surface area contributed by atoms with Gasteiger partial charge in [0, 0.05) is 17.0 Å². The molecule has 118 valence electrons. The number of rotatable bonds is 1. The van der Waals surface area contributed by atoms with E-state index in [1.165, 1.54) is 0 Å². The van der Waals surface area contributed by atoms with Gasteiger partial charge in [-0.2, -0.15) is 0 Å². The van der Waals surface area contributed by atoms with Crippen LogP contribution in [0.25, 0.3) is 0 Å². The first kappa shape index (κ1) is 14.1. The zero-order chi connectivity index (χ0) is 15.5. The number of likely N-dealkylation sites (tertiary alicyclic amines) is 1. The Morgan fingerprint density at radius 3 is 2.91 bits per heavy atom. The van der Waals surface area contributed by atoms with Crippen LogP contribution in [-0.4, -0.2) is 47.5 Å². The molecule has 1 aromatic rings. The number of piperidine rings is 1. The Bertz CT molecular complexity index is 656. The van der Waals surface area contributed by atoms with Crippen molar-refractivity contribution >= 4 is 0 Å². The van der Waals surface area contributed by atoms with Crippen molar-refractivity contribution < 1.29 is 14.9 Å². The molecule has 1 fully saturated rings. The number of aromatic hydroxyl groups is 1. The monoisotopic (exact) mass is 301 g/mol. The van der Waals surface area contributed by atoms with Gasteiger partial charge < -0.3 is 19.8 Å². The van der Waals surface area contributed by atoms with Crippen LogP contribution in [0, 0.1) is 0 Å². The first-order chi connectivity index (χ1) is 10.5. The van der Waals surface area contributed by atoms with Crippen LogP contribution in [0.1, 0.15) is 30.4 Å². The molecule has 1 saturated heterocycles. The van der Waals surface area contributed by atoms with E-state index in [9.17, 15) is 10.2 Å². The second-order valence-electron chi connectivity index (χ2n) is 6.94. The number of benzene rings is 1. The molecule has 2 bridgehead atoms. The second-order valence-corrected chi connectivity index (χ2v) is 6.94. The van der Waals surface area contributed by atoms with E-state index in [1.807, 2.05) is 12.1 Å². The molecule has 2 aliphatic carbocycles. The third kappa shape index (κ3) is 1.49. The molecule has 1 aliphatic heterocycles. The van der Waals surface area contributed by atoms with E-state index in [4.69, 9.17) is 4.74 Å². The van der Waals surface area contributed by atoms with Gasteiger partial charge in [-0.3, -0.25) is 0 Å². The van der Waals surface area contributed by atoms with E-state index in [0.717, 1.165) is 43.4 Å². The van der Waals surface area contributed by atoms with Crippen LogP contribution in [-0.2, 0) is 11.8 Å². The van der Waals surface area contributed by atoms with Crippen LogP contribution in [0.4, 0.5) is 0 Å². The summed E-state index contributed by atoms with van der Waals surface area (Å²) in [6.07, 6.45) is 7.53. The van der Waals surface area contributed by atoms with Gasteiger partial charge in [0.25, 0.3) is 0 Å². The fraction of sp³-hybridized carbons (Fsp3) is 0.556. The summed E-state index contributed by atoms with van der Waals surface area (Å²) in [5.41, 5.74) is 0.709. The highest BCUT2D eigenvalue weighted by molar-refractivity contribution is 5.60. The normalized spacial score (nSPS) is 36.6. The molecule has 3 atom stereocenters. The van der Waals surface area contributed by atoms with Gasteiger partial charge in [0.1, 0.15) is 0 Å². The van der Waals surface area contributed by atoms with E-state index in [-0.39, 0.29) is 11.8 Å². The molecule has 2 N–H and O–H groups in total. The summed E-state index contributed by atoms with van der Waals surface area (Å²) in [4.78, 5) is 2.28. The van der Waals surface area contributed by atoms with Gasteiger partial charge in [0.05, 0.1) is 12.7 Å². The average molecular weight is 301 g/mol. The number of nitrogens with zero attached hydrogens (tertiary/aromatic N) is 1. The molecule has 4 nitrogen and oxygen atoms in total. The zero-order valence-electron chi connectivity index (χ0n) is 13.2. The Kier molecular flexibility index (Phi) is 2.88. The lowest BCUT2D eigenvalue weighted by atomic mass is 9.51. The van der Waals surface area contributed by atoms with Crippen molar-refractivity contribution in [2.75, 3.05) is 20.7 Å². The molecule has 1 aromatic carbocycles. The lowest BCUT2D eigenvalue weighted by Crippen LogP contribution is -2.70. The summed E-state index contributed by atoms with van der Waals surface area (Å²) < 4.78 is 5.31. The van der Waals surface area contributed by atoms with Crippen LogP contribution < -0.4 is 4.74 Å². The van der Waals surface area contributed by atoms with Crippen molar-refractivity contribution in [1.82, 2.24) is 4.90 Å². The Balaban J connectivity index is 2.03. The minimum atomic E-state index is -0.814. The number of phenolic OH excluding ortho intramolecular Hbond substituents is 1. The number of fused-ring (bicyclic) bond motifs is 1. The summed E-state index contributed by atoms with van der Waals surface area (Å²) in [5, 5.41) is 22.4. The molecule has 2 unspecified atom stereocenters. The van der Waals surface area contributed by atoms with E-state index >= 15 is 0 Å². The highest BCUT2D eigenvalue weighted by Gasteiger charge is 2.62. The molecule has 3 aliphatic rings. The maximum atomic E-state index is 11.6. The van der Waals surface area contributed by atoms with Crippen molar-refractivity contribution in [3.63, 3.8) is 0 Å². The fourth-order valence-electron chi connectivity index (χ4n) is 5.00. The van der Waals surface area contributed by atoms with E-state index in [1.54, 1.807) is 7.11 Å². The number of hydrogen-bond acceptors (Lipinski definition) is 4. The van der Waals surface area contributed by atoms with Crippen molar-refractivity contribution in [2.45, 2.75) is 42.7 Å². The molecular weight excluding hydrogens is 278 g/mol. The van der Waals surface area contributed by atoms with Crippen molar-refractivity contribution in [3.05, 3.63) is 35.4 Å². The summed E-state index contributed by atoms with van der Waals surface area (Å²) in [6.45, 7) is 0.924. The summed E-state index contributed by atoms with van der Waals surface area (Å²) in [7, 11) is 3.67. The predicted molar refractivity (Wildman–Crippen MR) is 84.4 cm³/mol. The molecule has 22 heavy (non-hydrogen) atoms. The van der Waals surface area contributed by atoms with Crippen LogP contribution >= 0.6 is 0 Å². The van der Waals surface area contributed by atoms with Gasteiger partial charge in [0.2, 0.25) is 0 Å². The predicted octanol–water partition coefficient (Wildman–Crippen LogP) is 1.98. The van der Waals surface area contributed by atoms with Crippen LogP contribution in [0.3, 0.4) is 0 Å². The molecule has 0 amide bonds. The van der Waals surface area contributed by atoms with E-state index < -0.39 is 11.0 Å². The van der Waals surface area contributed by atoms with Crippen molar-refractivity contribution in [3.8, 4) is 11.5 Å². The number of ether oxygens (including phenoxy) is 1. The molecular formula is C18H23NO3. The summed E-state index contributed by atoms with van der Waals surface area (Å²) >= 11 is 0.